The first-order valence-electron chi connectivity index (χ1n) is 6.02. The molecule has 96 valence electrons. The minimum Gasteiger partial charge on any atom is -0.461 e. The van der Waals surface area contributed by atoms with Gasteiger partial charge in [-0.05, 0) is 25.8 Å². The van der Waals surface area contributed by atoms with E-state index in [1.54, 1.807) is 19.2 Å². The maximum absolute atomic E-state index is 11.8. The summed E-state index contributed by atoms with van der Waals surface area (Å²) in [4.78, 5) is 26.0. The first-order valence-corrected chi connectivity index (χ1v) is 6.02. The van der Waals surface area contributed by atoms with Crippen LogP contribution in [0.5, 0.6) is 0 Å². The Kier molecular flexibility index (Phi) is 3.82. The monoisotopic (exact) mass is 248 g/mol. The zero-order valence-corrected chi connectivity index (χ0v) is 10.2. The number of hydrogen-bond acceptors (Lipinski definition) is 3. The summed E-state index contributed by atoms with van der Waals surface area (Å²) in [6, 6.07) is 1.58. The zero-order valence-electron chi connectivity index (χ0n) is 10.2. The molecule has 0 saturated carbocycles. The molecule has 0 bridgehead atoms. The Morgan fingerprint density at radius 2 is 2.17 bits per heavy atom. The predicted molar refractivity (Wildman–Crippen MR) is 67.2 cm³/mol. The Labute approximate surface area is 105 Å². The van der Waals surface area contributed by atoms with Gasteiger partial charge in [0.1, 0.15) is 5.69 Å². The van der Waals surface area contributed by atoms with Gasteiger partial charge in [0.25, 0.3) is 0 Å². The average Bonchev–Trinajstić information content (AvgIpc) is 2.99. The van der Waals surface area contributed by atoms with E-state index in [4.69, 9.17) is 4.74 Å². The molecule has 1 aromatic rings. The van der Waals surface area contributed by atoms with Gasteiger partial charge in [-0.3, -0.25) is 4.79 Å². The van der Waals surface area contributed by atoms with Crippen LogP contribution in [0.15, 0.2) is 24.4 Å². The number of ether oxygens (including phenoxy) is 1. The van der Waals surface area contributed by atoms with Crippen LogP contribution in [0.3, 0.4) is 0 Å². The molecule has 0 aromatic carbocycles. The number of anilines is 1. The van der Waals surface area contributed by atoms with Crippen LogP contribution in [0.4, 0.5) is 5.69 Å². The molecule has 0 atom stereocenters. The second-order valence-electron chi connectivity index (χ2n) is 4.15. The number of aromatic nitrogens is 1. The van der Waals surface area contributed by atoms with Crippen molar-refractivity contribution in [2.45, 2.75) is 19.8 Å². The quantitative estimate of drug-likeness (QED) is 0.633. The van der Waals surface area contributed by atoms with Crippen molar-refractivity contribution in [3.8, 4) is 0 Å². The predicted octanol–water partition coefficient (Wildman–Crippen LogP) is 2.10. The lowest BCUT2D eigenvalue weighted by Crippen LogP contribution is -2.20. The van der Waals surface area contributed by atoms with Crippen LogP contribution in [0.25, 0.3) is 0 Å². The molecular formula is C13H16N2O3. The van der Waals surface area contributed by atoms with Gasteiger partial charge in [0.15, 0.2) is 0 Å². The van der Waals surface area contributed by atoms with Crippen molar-refractivity contribution in [2.75, 3.05) is 11.9 Å². The second kappa shape index (κ2) is 5.53. The van der Waals surface area contributed by atoms with E-state index in [1.165, 1.54) is 0 Å². The highest BCUT2D eigenvalue weighted by molar-refractivity contribution is 5.95. The number of carbonyl (C=O) groups excluding carboxylic acids is 2. The number of esters is 1. The average molecular weight is 248 g/mol. The molecule has 0 radical (unpaired) electrons. The number of rotatable bonds is 4. The minimum atomic E-state index is -0.416. The van der Waals surface area contributed by atoms with E-state index < -0.39 is 5.97 Å². The van der Waals surface area contributed by atoms with E-state index in [0.29, 0.717) is 18.0 Å². The highest BCUT2D eigenvalue weighted by Gasteiger charge is 2.20. The van der Waals surface area contributed by atoms with E-state index in [1.807, 2.05) is 12.2 Å². The molecule has 1 amide bonds. The van der Waals surface area contributed by atoms with Crippen molar-refractivity contribution in [3.05, 3.63) is 30.1 Å². The summed E-state index contributed by atoms with van der Waals surface area (Å²) in [6.07, 6.45) is 7.16. The summed E-state index contributed by atoms with van der Waals surface area (Å²) in [7, 11) is 0. The van der Waals surface area contributed by atoms with Gasteiger partial charge in [0.05, 0.1) is 12.3 Å². The molecule has 5 heteroatoms. The molecule has 5 nitrogen and oxygen atoms in total. The SMILES string of the molecule is CCOC(=O)c1cc(NC(=O)C2CC=CC2)c[nH]1. The lowest BCUT2D eigenvalue weighted by atomic mass is 10.1. The number of allylic oxidation sites excluding steroid dienone is 2. The van der Waals surface area contributed by atoms with Gasteiger partial charge in [-0.15, -0.1) is 0 Å². The summed E-state index contributed by atoms with van der Waals surface area (Å²) < 4.78 is 4.85. The fraction of sp³-hybridized carbons (Fsp3) is 0.385. The first kappa shape index (κ1) is 12.4. The van der Waals surface area contributed by atoms with Crippen LogP contribution >= 0.6 is 0 Å². The molecule has 1 heterocycles. The molecule has 18 heavy (non-hydrogen) atoms. The molecule has 2 rings (SSSR count). The second-order valence-corrected chi connectivity index (χ2v) is 4.15. The molecule has 0 saturated heterocycles. The van der Waals surface area contributed by atoms with E-state index in [9.17, 15) is 9.59 Å². The van der Waals surface area contributed by atoms with Crippen LogP contribution in [-0.2, 0) is 9.53 Å². The number of nitrogens with one attached hydrogen (secondary N) is 2. The van der Waals surface area contributed by atoms with Crippen molar-refractivity contribution in [1.82, 2.24) is 4.98 Å². The van der Waals surface area contributed by atoms with Crippen molar-refractivity contribution in [2.24, 2.45) is 5.92 Å². The normalized spacial score (nSPS) is 14.7. The molecule has 0 aliphatic heterocycles. The summed E-state index contributed by atoms with van der Waals surface area (Å²) in [5.74, 6) is -0.430. The Morgan fingerprint density at radius 3 is 2.83 bits per heavy atom. The van der Waals surface area contributed by atoms with Gasteiger partial charge in [-0.1, -0.05) is 12.2 Å². The van der Waals surface area contributed by atoms with E-state index >= 15 is 0 Å². The molecule has 1 aliphatic rings. The largest absolute Gasteiger partial charge is 0.461 e. The van der Waals surface area contributed by atoms with Gasteiger partial charge in [-0.25, -0.2) is 4.79 Å². The van der Waals surface area contributed by atoms with Crippen LogP contribution in [-0.4, -0.2) is 23.5 Å². The van der Waals surface area contributed by atoms with Crippen LogP contribution in [0, 0.1) is 5.92 Å². The van der Waals surface area contributed by atoms with E-state index in [2.05, 4.69) is 10.3 Å². The first-order chi connectivity index (χ1) is 8.70. The van der Waals surface area contributed by atoms with Gasteiger partial charge < -0.3 is 15.0 Å². The van der Waals surface area contributed by atoms with E-state index in [-0.39, 0.29) is 11.8 Å². The number of aromatic amines is 1. The van der Waals surface area contributed by atoms with E-state index in [0.717, 1.165) is 12.8 Å². The van der Waals surface area contributed by atoms with Crippen molar-refractivity contribution >= 4 is 17.6 Å². The van der Waals surface area contributed by atoms with Crippen LogP contribution < -0.4 is 5.32 Å². The van der Waals surface area contributed by atoms with Crippen molar-refractivity contribution < 1.29 is 14.3 Å². The molecule has 1 aliphatic carbocycles. The Hall–Kier alpha value is -2.04. The minimum absolute atomic E-state index is 0.00550. The molecule has 2 N–H and O–H groups in total. The fourth-order valence-corrected chi connectivity index (χ4v) is 1.87. The number of hydrogen-bond donors (Lipinski definition) is 2. The number of carbonyl (C=O) groups is 2. The molecule has 1 aromatic heterocycles. The Balaban J connectivity index is 1.94. The Morgan fingerprint density at radius 1 is 1.44 bits per heavy atom. The molecule has 0 fully saturated rings. The topological polar surface area (TPSA) is 71.2 Å². The number of H-pyrrole nitrogens is 1. The smallest absolute Gasteiger partial charge is 0.354 e. The lowest BCUT2D eigenvalue weighted by Gasteiger charge is -2.08. The molecule has 0 spiro atoms. The van der Waals surface area contributed by atoms with Crippen molar-refractivity contribution in [1.29, 1.82) is 0 Å². The lowest BCUT2D eigenvalue weighted by molar-refractivity contribution is -0.119. The summed E-state index contributed by atoms with van der Waals surface area (Å²) >= 11 is 0. The molecule has 0 unspecified atom stereocenters. The van der Waals surface area contributed by atoms with Gasteiger partial charge in [0, 0.05) is 12.1 Å². The third-order valence-electron chi connectivity index (χ3n) is 2.82. The highest BCUT2D eigenvalue weighted by atomic mass is 16.5. The Bertz CT molecular complexity index is 468. The van der Waals surface area contributed by atoms with Crippen LogP contribution in [0.1, 0.15) is 30.3 Å². The molecular weight excluding hydrogens is 232 g/mol. The van der Waals surface area contributed by atoms with Gasteiger partial charge in [0.2, 0.25) is 5.91 Å². The van der Waals surface area contributed by atoms with Gasteiger partial charge in [-0.2, -0.15) is 0 Å². The zero-order chi connectivity index (χ0) is 13.0. The standard InChI is InChI=1S/C13H16N2O3/c1-2-18-13(17)11-7-10(8-14-11)15-12(16)9-5-3-4-6-9/h3-4,7-9,14H,2,5-6H2,1H3,(H,15,16). The maximum Gasteiger partial charge on any atom is 0.354 e. The van der Waals surface area contributed by atoms with Crippen LogP contribution in [0.2, 0.25) is 0 Å². The third-order valence-corrected chi connectivity index (χ3v) is 2.82. The summed E-state index contributed by atoms with van der Waals surface area (Å²) in [5, 5.41) is 2.78. The van der Waals surface area contributed by atoms with Gasteiger partial charge >= 0.3 is 5.97 Å². The highest BCUT2D eigenvalue weighted by Crippen LogP contribution is 2.20. The maximum atomic E-state index is 11.8. The van der Waals surface area contributed by atoms with Crippen molar-refractivity contribution in [3.63, 3.8) is 0 Å². The number of amides is 1. The third kappa shape index (κ3) is 2.80. The summed E-state index contributed by atoms with van der Waals surface area (Å²) in [5.41, 5.74) is 0.937. The fourth-order valence-electron chi connectivity index (χ4n) is 1.87. The summed E-state index contributed by atoms with van der Waals surface area (Å²) in [6.45, 7) is 2.07.